The van der Waals surface area contributed by atoms with Gasteiger partial charge in [0.15, 0.2) is 0 Å². The lowest BCUT2D eigenvalue weighted by molar-refractivity contribution is -0.137. The van der Waals surface area contributed by atoms with Crippen LogP contribution in [0.2, 0.25) is 0 Å². The van der Waals surface area contributed by atoms with Gasteiger partial charge in [0, 0.05) is 62.6 Å². The molecule has 2 N–H and O–H groups in total. The number of nitrogens with zero attached hydrogens (tertiary/aromatic N) is 5. The fourth-order valence-electron chi connectivity index (χ4n) is 5.13. The van der Waals surface area contributed by atoms with E-state index >= 15 is 0 Å². The highest BCUT2D eigenvalue weighted by Crippen LogP contribution is 2.46. The highest BCUT2D eigenvalue weighted by atomic mass is 19.4. The number of nitrogens with two attached hydrogens (primary N) is 1. The van der Waals surface area contributed by atoms with Crippen molar-refractivity contribution >= 4 is 17.5 Å². The molecule has 1 aromatic carbocycles. The minimum atomic E-state index is -4.63. The van der Waals surface area contributed by atoms with Gasteiger partial charge in [-0.2, -0.15) is 23.5 Å². The molecule has 2 aliphatic rings. The fourth-order valence-corrected chi connectivity index (χ4v) is 5.13. The Morgan fingerprint density at radius 1 is 1.26 bits per heavy atom. The molecule has 2 aromatic rings. The molecule has 0 bridgehead atoms. The van der Waals surface area contributed by atoms with Crippen LogP contribution in [0.3, 0.4) is 0 Å². The molecule has 2 fully saturated rings. The Morgan fingerprint density at radius 3 is 2.59 bits per heavy atom. The molecule has 34 heavy (non-hydrogen) atoms. The van der Waals surface area contributed by atoms with Gasteiger partial charge in [0.25, 0.3) is 0 Å². The van der Waals surface area contributed by atoms with Gasteiger partial charge in [-0.1, -0.05) is 0 Å². The van der Waals surface area contributed by atoms with Crippen molar-refractivity contribution < 1.29 is 22.8 Å². The highest BCUT2D eigenvalue weighted by molar-refractivity contribution is 5.82. The minimum Gasteiger partial charge on any atom is -0.371 e. The van der Waals surface area contributed by atoms with Gasteiger partial charge in [0.2, 0.25) is 11.8 Å². The van der Waals surface area contributed by atoms with E-state index in [1.54, 1.807) is 34.1 Å². The Balaban J connectivity index is 1.46. The van der Waals surface area contributed by atoms with Gasteiger partial charge >= 0.3 is 6.18 Å². The third-order valence-corrected chi connectivity index (χ3v) is 7.01. The van der Waals surface area contributed by atoms with Crippen molar-refractivity contribution in [2.75, 3.05) is 31.1 Å². The quantitative estimate of drug-likeness (QED) is 0.716. The van der Waals surface area contributed by atoms with E-state index in [2.05, 4.69) is 5.10 Å². The van der Waals surface area contributed by atoms with Crippen molar-refractivity contribution in [3.05, 3.63) is 47.8 Å². The third kappa shape index (κ3) is 4.58. The molecular weight excluding hydrogens is 449 g/mol. The van der Waals surface area contributed by atoms with Crippen LogP contribution in [0.15, 0.2) is 36.7 Å². The number of carbonyl (C=O) groups excluding carboxylic acids is 2. The number of amides is 2. The number of anilines is 1. The molecule has 3 heterocycles. The van der Waals surface area contributed by atoms with E-state index in [1.807, 2.05) is 4.90 Å². The SMILES string of the molecule is N#Cc1ccc(N2CCC3(CC2)CN(C(=O)CCn2cccn2)CC3C(N)=O)cc1C(F)(F)F. The van der Waals surface area contributed by atoms with Gasteiger partial charge < -0.3 is 15.5 Å². The maximum Gasteiger partial charge on any atom is 0.417 e. The lowest BCUT2D eigenvalue weighted by Crippen LogP contribution is -2.47. The number of nitriles is 1. The molecule has 1 atom stereocenters. The number of hydrogen-bond donors (Lipinski definition) is 1. The van der Waals surface area contributed by atoms with Gasteiger partial charge in [0.05, 0.1) is 23.1 Å². The van der Waals surface area contributed by atoms with Gasteiger partial charge in [-0.15, -0.1) is 0 Å². The first-order valence-corrected chi connectivity index (χ1v) is 11.0. The number of halogens is 3. The summed E-state index contributed by atoms with van der Waals surface area (Å²) >= 11 is 0. The van der Waals surface area contributed by atoms with Crippen molar-refractivity contribution in [3.63, 3.8) is 0 Å². The van der Waals surface area contributed by atoms with Gasteiger partial charge in [-0.3, -0.25) is 14.3 Å². The van der Waals surface area contributed by atoms with Crippen molar-refractivity contribution in [1.29, 1.82) is 5.26 Å². The van der Waals surface area contributed by atoms with Crippen molar-refractivity contribution in [1.82, 2.24) is 14.7 Å². The summed E-state index contributed by atoms with van der Waals surface area (Å²) in [4.78, 5) is 28.6. The topological polar surface area (TPSA) is 108 Å². The van der Waals surface area contributed by atoms with E-state index in [4.69, 9.17) is 11.0 Å². The maximum atomic E-state index is 13.4. The lowest BCUT2D eigenvalue weighted by atomic mass is 9.70. The molecule has 4 rings (SSSR count). The van der Waals surface area contributed by atoms with E-state index in [0.29, 0.717) is 44.7 Å². The van der Waals surface area contributed by atoms with E-state index in [-0.39, 0.29) is 18.9 Å². The van der Waals surface area contributed by atoms with Crippen LogP contribution in [0.4, 0.5) is 18.9 Å². The van der Waals surface area contributed by atoms with Crippen LogP contribution in [-0.4, -0.2) is 52.7 Å². The number of primary amides is 1. The average Bonchev–Trinajstić information content (AvgIpc) is 3.45. The van der Waals surface area contributed by atoms with Gasteiger partial charge in [-0.25, -0.2) is 0 Å². The van der Waals surface area contributed by atoms with Crippen LogP contribution in [0.5, 0.6) is 0 Å². The summed E-state index contributed by atoms with van der Waals surface area (Å²) in [5.41, 5.74) is 4.20. The van der Waals surface area contributed by atoms with Crippen LogP contribution >= 0.6 is 0 Å². The first-order valence-electron chi connectivity index (χ1n) is 11.0. The normalized spacial score (nSPS) is 19.9. The number of piperidine rings is 1. The van der Waals surface area contributed by atoms with E-state index < -0.39 is 34.5 Å². The molecule has 180 valence electrons. The van der Waals surface area contributed by atoms with Crippen molar-refractivity contribution in [2.24, 2.45) is 17.1 Å². The minimum absolute atomic E-state index is 0.0806. The Labute approximate surface area is 194 Å². The molecular formula is C23H25F3N6O2. The average molecular weight is 474 g/mol. The zero-order valence-corrected chi connectivity index (χ0v) is 18.5. The molecule has 2 aliphatic heterocycles. The predicted octanol–water partition coefficient (Wildman–Crippen LogP) is 2.39. The fraction of sp³-hybridized carbons (Fsp3) is 0.478. The number of aryl methyl sites for hydroxylation is 1. The summed E-state index contributed by atoms with van der Waals surface area (Å²) in [6.45, 7) is 1.92. The Hall–Kier alpha value is -3.55. The summed E-state index contributed by atoms with van der Waals surface area (Å²) in [5, 5.41) is 13.1. The Bertz CT molecular complexity index is 1100. The molecule has 11 heteroatoms. The molecule has 1 spiro atoms. The number of hydrogen-bond acceptors (Lipinski definition) is 5. The molecule has 1 unspecified atom stereocenters. The first-order chi connectivity index (χ1) is 16.1. The molecule has 0 saturated carbocycles. The van der Waals surface area contributed by atoms with Crippen LogP contribution in [-0.2, 0) is 22.3 Å². The molecule has 8 nitrogen and oxygen atoms in total. The van der Waals surface area contributed by atoms with Crippen LogP contribution in [0, 0.1) is 22.7 Å². The van der Waals surface area contributed by atoms with Crippen LogP contribution in [0.1, 0.15) is 30.4 Å². The second kappa shape index (κ2) is 9.00. The first kappa shape index (κ1) is 23.6. The second-order valence-electron chi connectivity index (χ2n) is 8.94. The summed E-state index contributed by atoms with van der Waals surface area (Å²) in [5.74, 6) is -1.05. The highest BCUT2D eigenvalue weighted by Gasteiger charge is 2.51. The number of aromatic nitrogens is 2. The molecule has 0 radical (unpaired) electrons. The van der Waals surface area contributed by atoms with Gasteiger partial charge in [-0.05, 0) is 37.1 Å². The van der Waals surface area contributed by atoms with Crippen molar-refractivity contribution in [3.8, 4) is 6.07 Å². The zero-order valence-electron chi connectivity index (χ0n) is 18.5. The largest absolute Gasteiger partial charge is 0.417 e. The molecule has 0 aliphatic carbocycles. The number of benzene rings is 1. The number of alkyl halides is 3. The molecule has 1 aromatic heterocycles. The second-order valence-corrected chi connectivity index (χ2v) is 8.94. The Kier molecular flexibility index (Phi) is 6.25. The summed E-state index contributed by atoms with van der Waals surface area (Å²) in [7, 11) is 0. The van der Waals surface area contributed by atoms with Gasteiger partial charge in [0.1, 0.15) is 0 Å². The smallest absolute Gasteiger partial charge is 0.371 e. The number of likely N-dealkylation sites (tertiary alicyclic amines) is 1. The zero-order chi connectivity index (χ0) is 24.5. The Morgan fingerprint density at radius 2 is 2.00 bits per heavy atom. The van der Waals surface area contributed by atoms with Crippen molar-refractivity contribution in [2.45, 2.75) is 32.0 Å². The summed E-state index contributed by atoms with van der Waals surface area (Å²) < 4.78 is 41.8. The standard InChI is InChI=1S/C23H25F3N6O2/c24-23(25,26)18-12-17(3-2-16(18)13-27)30-10-5-22(6-11-30)15-31(14-19(22)21(28)34)20(33)4-9-32-8-1-7-29-32/h1-3,7-8,12,19H,4-6,9-11,14-15H2,(H2,28,34). The van der Waals surface area contributed by atoms with Crippen LogP contribution in [0.25, 0.3) is 0 Å². The summed E-state index contributed by atoms with van der Waals surface area (Å²) in [6.07, 6.45) is 0.0695. The van der Waals surface area contributed by atoms with E-state index in [1.165, 1.54) is 12.1 Å². The van der Waals surface area contributed by atoms with E-state index in [0.717, 1.165) is 6.07 Å². The lowest BCUT2D eigenvalue weighted by Gasteiger charge is -2.42. The molecule has 2 amide bonds. The number of carbonyl (C=O) groups is 2. The maximum absolute atomic E-state index is 13.4. The predicted molar refractivity (Wildman–Crippen MR) is 116 cm³/mol. The van der Waals surface area contributed by atoms with Crippen LogP contribution < -0.4 is 10.6 Å². The monoisotopic (exact) mass is 474 g/mol. The third-order valence-electron chi connectivity index (χ3n) is 7.01. The van der Waals surface area contributed by atoms with E-state index in [9.17, 15) is 22.8 Å². The number of rotatable bonds is 5. The molecule has 2 saturated heterocycles. The summed E-state index contributed by atoms with van der Waals surface area (Å²) in [6, 6.07) is 7.07.